The molecule has 1 heterocycles. The number of methoxy groups -OCH3 is 1. The number of hydrogen-bond donors (Lipinski definition) is 1. The Balaban J connectivity index is 1.98. The minimum absolute atomic E-state index is 0.0541. The van der Waals surface area contributed by atoms with Crippen LogP contribution in [-0.4, -0.2) is 18.0 Å². The molecule has 0 spiro atoms. The monoisotopic (exact) mass is 380 g/mol. The molecule has 0 radical (unpaired) electrons. The summed E-state index contributed by atoms with van der Waals surface area (Å²) in [6.45, 7) is 5.93. The van der Waals surface area contributed by atoms with E-state index in [0.717, 1.165) is 21.8 Å². The molecule has 3 rings (SSSR count). The maximum Gasteiger partial charge on any atom is 0.232 e. The van der Waals surface area contributed by atoms with Gasteiger partial charge in [0.1, 0.15) is 5.75 Å². The summed E-state index contributed by atoms with van der Waals surface area (Å²) in [5.41, 5.74) is 1.48. The molecule has 3 aromatic rings. The summed E-state index contributed by atoms with van der Waals surface area (Å²) >= 11 is 1.48. The summed E-state index contributed by atoms with van der Waals surface area (Å²) in [4.78, 5) is 18.5. The number of benzene rings is 2. The SMILES string of the molecule is COc1ccc(C(c2ccccc2)C(C)(C)C(=O)Nc2ncc(C)s2)cc1. The number of anilines is 1. The highest BCUT2D eigenvalue weighted by Gasteiger charge is 2.39. The molecule has 27 heavy (non-hydrogen) atoms. The number of aromatic nitrogens is 1. The summed E-state index contributed by atoms with van der Waals surface area (Å²) in [6.07, 6.45) is 1.77. The molecule has 0 aliphatic carbocycles. The van der Waals surface area contributed by atoms with E-state index in [2.05, 4.69) is 22.4 Å². The molecular formula is C22H24N2O2S. The van der Waals surface area contributed by atoms with Gasteiger partial charge in [0.25, 0.3) is 0 Å². The van der Waals surface area contributed by atoms with Crippen LogP contribution in [0.3, 0.4) is 0 Å². The number of amides is 1. The third-order valence-electron chi connectivity index (χ3n) is 4.73. The lowest BCUT2D eigenvalue weighted by atomic mass is 9.70. The normalized spacial score (nSPS) is 12.4. The molecule has 0 aliphatic rings. The Morgan fingerprint density at radius 3 is 2.26 bits per heavy atom. The molecule has 1 N–H and O–H groups in total. The van der Waals surface area contributed by atoms with Crippen molar-refractivity contribution in [2.75, 3.05) is 12.4 Å². The molecule has 2 aromatic carbocycles. The van der Waals surface area contributed by atoms with E-state index >= 15 is 0 Å². The summed E-state index contributed by atoms with van der Waals surface area (Å²) in [6, 6.07) is 18.0. The van der Waals surface area contributed by atoms with E-state index in [-0.39, 0.29) is 11.8 Å². The van der Waals surface area contributed by atoms with Crippen LogP contribution < -0.4 is 10.1 Å². The van der Waals surface area contributed by atoms with Crippen LogP contribution in [0.15, 0.2) is 60.8 Å². The molecular weight excluding hydrogens is 356 g/mol. The summed E-state index contributed by atoms with van der Waals surface area (Å²) in [5, 5.41) is 3.62. The van der Waals surface area contributed by atoms with E-state index in [1.165, 1.54) is 11.3 Å². The van der Waals surface area contributed by atoms with Gasteiger partial charge < -0.3 is 10.1 Å². The van der Waals surface area contributed by atoms with E-state index in [4.69, 9.17) is 4.74 Å². The number of hydrogen-bond acceptors (Lipinski definition) is 4. The van der Waals surface area contributed by atoms with Crippen molar-refractivity contribution in [3.05, 3.63) is 76.8 Å². The van der Waals surface area contributed by atoms with Gasteiger partial charge in [0, 0.05) is 17.0 Å². The van der Waals surface area contributed by atoms with Crippen LogP contribution in [0.4, 0.5) is 5.13 Å². The van der Waals surface area contributed by atoms with Crippen molar-refractivity contribution in [3.63, 3.8) is 0 Å². The topological polar surface area (TPSA) is 51.2 Å². The van der Waals surface area contributed by atoms with Crippen molar-refractivity contribution in [1.82, 2.24) is 4.98 Å². The highest BCUT2D eigenvalue weighted by atomic mass is 32.1. The van der Waals surface area contributed by atoms with Gasteiger partial charge in [-0.3, -0.25) is 4.79 Å². The van der Waals surface area contributed by atoms with Crippen molar-refractivity contribution in [2.24, 2.45) is 5.41 Å². The fourth-order valence-corrected chi connectivity index (χ4v) is 3.93. The summed E-state index contributed by atoms with van der Waals surface area (Å²) in [5.74, 6) is 0.637. The Morgan fingerprint density at radius 1 is 1.07 bits per heavy atom. The molecule has 0 fully saturated rings. The quantitative estimate of drug-likeness (QED) is 0.635. The van der Waals surface area contributed by atoms with Crippen LogP contribution in [-0.2, 0) is 4.79 Å². The lowest BCUT2D eigenvalue weighted by Gasteiger charge is -2.33. The second-order valence-electron chi connectivity index (χ2n) is 7.07. The maximum atomic E-state index is 13.2. The number of rotatable bonds is 6. The van der Waals surface area contributed by atoms with Crippen LogP contribution in [0.25, 0.3) is 0 Å². The molecule has 1 amide bonds. The van der Waals surface area contributed by atoms with Gasteiger partial charge in [-0.2, -0.15) is 0 Å². The number of aryl methyl sites for hydroxylation is 1. The number of nitrogens with one attached hydrogen (secondary N) is 1. The van der Waals surface area contributed by atoms with Gasteiger partial charge in [0.05, 0.1) is 12.5 Å². The summed E-state index contributed by atoms with van der Waals surface area (Å²) < 4.78 is 5.28. The number of nitrogens with zero attached hydrogens (tertiary/aromatic N) is 1. The standard InChI is InChI=1S/C22H24N2O2S/c1-15-14-23-21(27-15)24-20(25)22(2,3)19(16-8-6-5-7-9-16)17-10-12-18(26-4)13-11-17/h5-14,19H,1-4H3,(H,23,24,25). The third kappa shape index (κ3) is 4.19. The van der Waals surface area contributed by atoms with Crippen LogP contribution in [0.1, 0.15) is 35.8 Å². The van der Waals surface area contributed by atoms with E-state index < -0.39 is 5.41 Å². The Hall–Kier alpha value is -2.66. The predicted octanol–water partition coefficient (Wildman–Crippen LogP) is 5.26. The smallest absolute Gasteiger partial charge is 0.232 e. The summed E-state index contributed by atoms with van der Waals surface area (Å²) in [7, 11) is 1.65. The molecule has 0 aliphatic heterocycles. The third-order valence-corrected chi connectivity index (χ3v) is 5.56. The average molecular weight is 381 g/mol. The van der Waals surface area contributed by atoms with E-state index in [0.29, 0.717) is 5.13 Å². The van der Waals surface area contributed by atoms with Gasteiger partial charge in [-0.05, 0) is 30.2 Å². The fraction of sp³-hybridized carbons (Fsp3) is 0.273. The number of thiazole rings is 1. The second-order valence-corrected chi connectivity index (χ2v) is 8.30. The Bertz CT molecular complexity index is 902. The lowest BCUT2D eigenvalue weighted by Crippen LogP contribution is -2.37. The Labute approximate surface area is 164 Å². The zero-order valence-electron chi connectivity index (χ0n) is 16.0. The van der Waals surface area contributed by atoms with E-state index in [1.807, 2.05) is 63.2 Å². The first kappa shape index (κ1) is 19.1. The Morgan fingerprint density at radius 2 is 1.70 bits per heavy atom. The van der Waals surface area contributed by atoms with Gasteiger partial charge in [-0.25, -0.2) is 4.98 Å². The van der Waals surface area contributed by atoms with Crippen LogP contribution in [0, 0.1) is 12.3 Å². The van der Waals surface area contributed by atoms with Gasteiger partial charge in [-0.1, -0.05) is 56.3 Å². The number of carbonyl (C=O) groups is 1. The van der Waals surface area contributed by atoms with E-state index in [9.17, 15) is 4.79 Å². The molecule has 0 bridgehead atoms. The molecule has 1 unspecified atom stereocenters. The van der Waals surface area contributed by atoms with Crippen molar-refractivity contribution in [2.45, 2.75) is 26.7 Å². The van der Waals surface area contributed by atoms with Gasteiger partial charge in [0.15, 0.2) is 5.13 Å². The van der Waals surface area contributed by atoms with Gasteiger partial charge >= 0.3 is 0 Å². The molecule has 140 valence electrons. The molecule has 1 aromatic heterocycles. The highest BCUT2D eigenvalue weighted by Crippen LogP contribution is 2.42. The fourth-order valence-electron chi connectivity index (χ4n) is 3.27. The largest absolute Gasteiger partial charge is 0.497 e. The first-order chi connectivity index (χ1) is 12.9. The zero-order chi connectivity index (χ0) is 19.4. The second kappa shape index (κ2) is 7.92. The minimum atomic E-state index is -0.685. The predicted molar refractivity (Wildman–Crippen MR) is 111 cm³/mol. The van der Waals surface area contributed by atoms with Crippen molar-refractivity contribution in [3.8, 4) is 5.75 Å². The van der Waals surface area contributed by atoms with E-state index in [1.54, 1.807) is 13.3 Å². The van der Waals surface area contributed by atoms with Crippen LogP contribution in [0.5, 0.6) is 5.75 Å². The minimum Gasteiger partial charge on any atom is -0.497 e. The first-order valence-electron chi connectivity index (χ1n) is 8.84. The molecule has 4 nitrogen and oxygen atoms in total. The zero-order valence-corrected chi connectivity index (χ0v) is 16.8. The van der Waals surface area contributed by atoms with Gasteiger partial charge in [0.2, 0.25) is 5.91 Å². The number of ether oxygens (including phenoxy) is 1. The molecule has 1 atom stereocenters. The number of carbonyl (C=O) groups excluding carboxylic acids is 1. The maximum absolute atomic E-state index is 13.2. The first-order valence-corrected chi connectivity index (χ1v) is 9.66. The Kier molecular flexibility index (Phi) is 5.61. The van der Waals surface area contributed by atoms with Crippen LogP contribution >= 0.6 is 11.3 Å². The average Bonchev–Trinajstić information content (AvgIpc) is 3.08. The molecule has 0 saturated carbocycles. The lowest BCUT2D eigenvalue weighted by molar-refractivity contribution is -0.124. The van der Waals surface area contributed by atoms with Crippen molar-refractivity contribution < 1.29 is 9.53 Å². The molecule has 5 heteroatoms. The molecule has 0 saturated heterocycles. The highest BCUT2D eigenvalue weighted by molar-refractivity contribution is 7.15. The van der Waals surface area contributed by atoms with Crippen molar-refractivity contribution >= 4 is 22.4 Å². The van der Waals surface area contributed by atoms with Crippen LogP contribution in [0.2, 0.25) is 0 Å². The van der Waals surface area contributed by atoms with Gasteiger partial charge in [-0.15, -0.1) is 11.3 Å². The van der Waals surface area contributed by atoms with Crippen molar-refractivity contribution in [1.29, 1.82) is 0 Å².